The largest absolute Gasteiger partial charge is 2.00 e. The Labute approximate surface area is 477 Å². The monoisotopic (exact) mass is 1020 g/mol. The van der Waals surface area contributed by atoms with E-state index in [1.165, 1.54) is 154 Å². The average Bonchev–Trinajstić information content (AvgIpc) is 3.17. The molecule has 0 heterocycles. The van der Waals surface area contributed by atoms with Crippen LogP contribution in [-0.4, -0.2) is 127 Å². The molecule has 0 aromatic carbocycles. The molecular formula is C46H94CaNa2O18. The molecule has 0 spiro atoms. The smallest absolute Gasteiger partial charge is 0.550 e. The molecule has 2 unspecified atom stereocenters. The van der Waals surface area contributed by atoms with E-state index in [0.29, 0.717) is 12.8 Å². The molecule has 18 nitrogen and oxygen atoms in total. The quantitative estimate of drug-likeness (QED) is 0.0331. The van der Waals surface area contributed by atoms with Crippen molar-refractivity contribution < 1.29 is 151 Å². The van der Waals surface area contributed by atoms with E-state index in [9.17, 15) is 59.4 Å². The fourth-order valence-electron chi connectivity index (χ4n) is 6.23. The summed E-state index contributed by atoms with van der Waals surface area (Å²) in [6.45, 7) is 6.49. The Balaban J connectivity index is -0.0000000694. The third-order valence-electron chi connectivity index (χ3n) is 10.4. The average molecular weight is 1020 g/mol. The number of carboxylic acids is 4. The van der Waals surface area contributed by atoms with E-state index in [4.69, 9.17) is 0 Å². The first-order valence-electron chi connectivity index (χ1n) is 22.8. The van der Waals surface area contributed by atoms with E-state index >= 15 is 0 Å². The number of aliphatic carboxylic acids is 4. The molecule has 0 saturated heterocycles. The van der Waals surface area contributed by atoms with Crippen LogP contribution >= 0.6 is 0 Å². The van der Waals surface area contributed by atoms with Crippen molar-refractivity contribution in [3.05, 3.63) is 0 Å². The number of ketones is 2. The first-order chi connectivity index (χ1) is 27.5. The molecule has 0 aliphatic carbocycles. The van der Waals surface area contributed by atoms with Crippen molar-refractivity contribution in [2.24, 2.45) is 0 Å². The van der Waals surface area contributed by atoms with Crippen LogP contribution in [0.2, 0.25) is 0 Å². The second-order valence-electron chi connectivity index (χ2n) is 16.2. The van der Waals surface area contributed by atoms with Crippen molar-refractivity contribution in [1.29, 1.82) is 0 Å². The molecule has 0 aromatic rings. The van der Waals surface area contributed by atoms with Gasteiger partial charge in [0.15, 0.2) is 22.8 Å². The maximum atomic E-state index is 11.6. The third-order valence-corrected chi connectivity index (χ3v) is 10.4. The van der Waals surface area contributed by atoms with E-state index in [0.717, 1.165) is 39.5 Å². The minimum absolute atomic E-state index is 0. The molecular weight excluding hydrogens is 927 g/mol. The fourth-order valence-corrected chi connectivity index (χ4v) is 6.23. The number of rotatable bonds is 39. The van der Waals surface area contributed by atoms with Crippen molar-refractivity contribution in [2.75, 3.05) is 0 Å². The van der Waals surface area contributed by atoms with Crippen LogP contribution in [0.5, 0.6) is 0 Å². The molecule has 0 fully saturated rings. The van der Waals surface area contributed by atoms with Crippen LogP contribution in [-0.2, 0) is 28.8 Å². The van der Waals surface area contributed by atoms with Gasteiger partial charge in [-0.05, 0) is 39.5 Å². The van der Waals surface area contributed by atoms with Gasteiger partial charge < -0.3 is 82.7 Å². The van der Waals surface area contributed by atoms with E-state index in [1.807, 2.05) is 0 Å². The van der Waals surface area contributed by atoms with E-state index in [1.54, 1.807) is 0 Å². The van der Waals surface area contributed by atoms with Gasteiger partial charge in [-0.1, -0.05) is 194 Å². The fraction of sp³-hybridized carbons (Fsp3) is 0.870. The van der Waals surface area contributed by atoms with Crippen molar-refractivity contribution in [3.63, 3.8) is 0 Å². The second kappa shape index (κ2) is 68.2. The van der Waals surface area contributed by atoms with Crippen LogP contribution in [0.1, 0.15) is 246 Å². The normalized spacial score (nSPS) is 11.1. The topological polar surface area (TPSA) is 424 Å². The van der Waals surface area contributed by atoms with Crippen LogP contribution in [0.4, 0.5) is 0 Å². The Morgan fingerprint density at radius 3 is 0.612 bits per heavy atom. The van der Waals surface area contributed by atoms with E-state index in [-0.39, 0.29) is 143 Å². The standard InChI is InChI=1S/2C21H40O4.C4H6O4.Ca.2Na.6H2O/c2*1-3-4-5-6-7-8-9-10-11-12-13-14-15-16-17-18-19(22)21(2,25)20(23)24;5-3(6)1-2-4(7)8;;;;;;;;;/h2*25H,3-18H2,1-2H3,(H,23,24);1-2H2,(H,5,6)(H,7,8);;;;6*1H2/q;;;+2;2*+1;;;;;;/p-4. The van der Waals surface area contributed by atoms with Gasteiger partial charge in [-0.15, -0.1) is 0 Å². The van der Waals surface area contributed by atoms with Gasteiger partial charge in [0.2, 0.25) is 0 Å². The van der Waals surface area contributed by atoms with E-state index < -0.39 is 59.5 Å². The first kappa shape index (κ1) is 96.6. The Morgan fingerprint density at radius 2 is 0.478 bits per heavy atom. The van der Waals surface area contributed by atoms with Gasteiger partial charge in [-0.25, -0.2) is 0 Å². The van der Waals surface area contributed by atoms with Crippen LogP contribution in [0.25, 0.3) is 0 Å². The Hall–Kier alpha value is 0.160. The number of carbonyl (C=O) groups is 6. The summed E-state index contributed by atoms with van der Waals surface area (Å²) in [4.78, 5) is 63.4. The molecule has 21 heteroatoms. The molecule has 390 valence electrons. The number of carboxylic acid groups (broad SMARTS) is 4. The Bertz CT molecular complexity index is 1000. The Kier molecular flexibility index (Phi) is 98.4. The number of hydrogen-bond acceptors (Lipinski definition) is 12. The molecule has 0 aliphatic heterocycles. The molecule has 14 N–H and O–H groups in total. The minimum atomic E-state index is -2.34. The molecule has 0 rings (SSSR count). The molecule has 0 aromatic heterocycles. The van der Waals surface area contributed by atoms with Gasteiger partial charge >= 0.3 is 96.9 Å². The minimum Gasteiger partial charge on any atom is -0.550 e. The van der Waals surface area contributed by atoms with Crippen molar-refractivity contribution in [1.82, 2.24) is 0 Å². The maximum Gasteiger partial charge on any atom is 2.00 e. The third kappa shape index (κ3) is 68.3. The molecule has 67 heavy (non-hydrogen) atoms. The number of aliphatic hydroxyl groups is 2. The van der Waals surface area contributed by atoms with Gasteiger partial charge in [-0.2, -0.15) is 0 Å². The van der Waals surface area contributed by atoms with Gasteiger partial charge in [-0.3, -0.25) is 9.59 Å². The molecule has 0 amide bonds. The second-order valence-corrected chi connectivity index (χ2v) is 16.2. The van der Waals surface area contributed by atoms with Crippen molar-refractivity contribution in [2.45, 2.75) is 257 Å². The summed E-state index contributed by atoms with van der Waals surface area (Å²) in [5, 5.41) is 59.2. The summed E-state index contributed by atoms with van der Waals surface area (Å²) in [5.74, 6) is -7.45. The molecule has 0 aliphatic rings. The summed E-state index contributed by atoms with van der Waals surface area (Å²) < 4.78 is 0. The molecule has 2 atom stereocenters. The predicted molar refractivity (Wildman–Crippen MR) is 247 cm³/mol. The van der Waals surface area contributed by atoms with Gasteiger partial charge in [0.05, 0.1) is 11.9 Å². The van der Waals surface area contributed by atoms with Crippen LogP contribution < -0.4 is 79.5 Å². The van der Waals surface area contributed by atoms with Gasteiger partial charge in [0.1, 0.15) is 0 Å². The van der Waals surface area contributed by atoms with Crippen LogP contribution in [0.3, 0.4) is 0 Å². The van der Waals surface area contributed by atoms with E-state index in [2.05, 4.69) is 13.8 Å². The van der Waals surface area contributed by atoms with Crippen LogP contribution in [0, 0.1) is 0 Å². The van der Waals surface area contributed by atoms with Gasteiger partial charge in [0.25, 0.3) is 0 Å². The number of Topliss-reactive ketones (excluding diaryl/α,β-unsaturated/α-hetero) is 2. The van der Waals surface area contributed by atoms with Crippen molar-refractivity contribution in [3.8, 4) is 0 Å². The summed E-state index contributed by atoms with van der Waals surface area (Å²) in [5.41, 5.74) is -4.67. The summed E-state index contributed by atoms with van der Waals surface area (Å²) in [7, 11) is 0. The number of unbranched alkanes of at least 4 members (excludes halogenated alkanes) is 28. The zero-order chi connectivity index (χ0) is 44.5. The van der Waals surface area contributed by atoms with Crippen LogP contribution in [0.15, 0.2) is 0 Å². The number of hydrogen-bond donors (Lipinski definition) is 2. The number of carbonyl (C=O) groups excluding carboxylic acids is 6. The maximum absolute atomic E-state index is 11.6. The summed E-state index contributed by atoms with van der Waals surface area (Å²) >= 11 is 0. The molecule has 0 saturated carbocycles. The molecule has 0 radical (unpaired) electrons. The predicted octanol–water partition coefficient (Wildman–Crippen LogP) is -5.42. The SMILES string of the molecule is CCCCCCCCCCCCCCCCCC(=O)C(C)(O)C(=O)[O-].CCCCCCCCCCCCCCCCCC(=O)C(C)(O)C(=O)[O-].O.O.O.O.O.O.O=C([O-])CCC(=O)[O-].[Ca+2].[Na+].[Na+]. The zero-order valence-corrected chi connectivity index (χ0v) is 48.9. The Morgan fingerprint density at radius 1 is 0.328 bits per heavy atom. The zero-order valence-electron chi connectivity index (χ0n) is 42.7. The summed E-state index contributed by atoms with van der Waals surface area (Å²) in [6.07, 6.45) is 36.5. The first-order valence-corrected chi connectivity index (χ1v) is 22.8. The van der Waals surface area contributed by atoms with Gasteiger partial charge in [0, 0.05) is 24.8 Å². The molecule has 0 bridgehead atoms. The summed E-state index contributed by atoms with van der Waals surface area (Å²) in [6, 6.07) is 0. The van der Waals surface area contributed by atoms with Crippen molar-refractivity contribution >= 4 is 73.2 Å².